The minimum absolute atomic E-state index is 0.0724. The van der Waals surface area contributed by atoms with Crippen LogP contribution in [0.2, 0.25) is 0 Å². The molecule has 1 aliphatic heterocycles. The van der Waals surface area contributed by atoms with Crippen LogP contribution in [0.3, 0.4) is 0 Å². The van der Waals surface area contributed by atoms with Crippen molar-refractivity contribution in [1.29, 1.82) is 0 Å². The van der Waals surface area contributed by atoms with Crippen LogP contribution in [0.5, 0.6) is 0 Å². The number of amides is 1. The maximum Gasteiger partial charge on any atom is 0.293 e. The Hall–Kier alpha value is -2.89. The van der Waals surface area contributed by atoms with E-state index >= 15 is 0 Å². The van der Waals surface area contributed by atoms with Crippen molar-refractivity contribution in [3.05, 3.63) is 54.0 Å². The van der Waals surface area contributed by atoms with Gasteiger partial charge in [0.1, 0.15) is 0 Å². The fourth-order valence-electron chi connectivity index (χ4n) is 2.76. The van der Waals surface area contributed by atoms with Crippen LogP contribution in [0.4, 0.5) is 5.69 Å². The van der Waals surface area contributed by atoms with Gasteiger partial charge >= 0.3 is 0 Å². The number of benzene rings is 1. The molecule has 116 valence electrons. The lowest BCUT2D eigenvalue weighted by Crippen LogP contribution is -2.24. The van der Waals surface area contributed by atoms with Crippen molar-refractivity contribution in [3.8, 4) is 11.7 Å². The van der Waals surface area contributed by atoms with Crippen LogP contribution in [-0.2, 0) is 4.79 Å². The minimum Gasteiger partial charge on any atom is -0.459 e. The average molecular weight is 309 g/mol. The molecule has 1 aliphatic rings. The summed E-state index contributed by atoms with van der Waals surface area (Å²) in [4.78, 5) is 18.4. The number of carbonyl (C=O) groups excluding carboxylic acids is 1. The van der Waals surface area contributed by atoms with Crippen molar-refractivity contribution in [1.82, 2.24) is 10.1 Å². The van der Waals surface area contributed by atoms with E-state index in [4.69, 9.17) is 8.94 Å². The maximum atomic E-state index is 12.3. The molecule has 1 atom stereocenters. The highest BCUT2D eigenvalue weighted by molar-refractivity contribution is 5.96. The first kappa shape index (κ1) is 13.8. The maximum absolute atomic E-state index is 12.3. The zero-order chi connectivity index (χ0) is 15.8. The SMILES string of the molecule is Cc1ccc(N2C[C@@H](c3noc(-c4ccco4)n3)CC2=O)cc1. The molecule has 1 aromatic carbocycles. The number of furan rings is 1. The topological polar surface area (TPSA) is 72.4 Å². The van der Waals surface area contributed by atoms with Crippen LogP contribution in [0.15, 0.2) is 51.6 Å². The Kier molecular flexibility index (Phi) is 3.22. The smallest absolute Gasteiger partial charge is 0.293 e. The van der Waals surface area contributed by atoms with E-state index in [9.17, 15) is 4.79 Å². The largest absolute Gasteiger partial charge is 0.459 e. The molecule has 2 aromatic heterocycles. The van der Waals surface area contributed by atoms with E-state index in [1.54, 1.807) is 23.3 Å². The van der Waals surface area contributed by atoms with Crippen LogP contribution < -0.4 is 4.90 Å². The number of carbonyl (C=O) groups is 1. The lowest BCUT2D eigenvalue weighted by molar-refractivity contribution is -0.117. The summed E-state index contributed by atoms with van der Waals surface area (Å²) in [7, 11) is 0. The van der Waals surface area contributed by atoms with Gasteiger partial charge in [-0.1, -0.05) is 22.9 Å². The van der Waals surface area contributed by atoms with Gasteiger partial charge in [-0.2, -0.15) is 4.98 Å². The highest BCUT2D eigenvalue weighted by Gasteiger charge is 2.34. The van der Waals surface area contributed by atoms with Crippen LogP contribution >= 0.6 is 0 Å². The highest BCUT2D eigenvalue weighted by atomic mass is 16.5. The normalized spacial score (nSPS) is 17.9. The standard InChI is InChI=1S/C17H15N3O3/c1-11-4-6-13(7-5-11)20-10-12(9-15(20)21)16-18-17(23-19-16)14-3-2-8-22-14/h2-8,12H,9-10H2,1H3/t12-/m0/s1. The Bertz CT molecular complexity index is 821. The lowest BCUT2D eigenvalue weighted by Gasteiger charge is -2.16. The first-order chi connectivity index (χ1) is 11.2. The molecule has 0 N–H and O–H groups in total. The molecule has 0 saturated carbocycles. The number of nitrogens with zero attached hydrogens (tertiary/aromatic N) is 3. The molecule has 1 amide bonds. The van der Waals surface area contributed by atoms with E-state index in [1.165, 1.54) is 5.56 Å². The van der Waals surface area contributed by atoms with Gasteiger partial charge in [-0.3, -0.25) is 4.79 Å². The van der Waals surface area contributed by atoms with Gasteiger partial charge in [-0.05, 0) is 31.2 Å². The van der Waals surface area contributed by atoms with Crippen LogP contribution in [-0.4, -0.2) is 22.6 Å². The third kappa shape index (κ3) is 2.52. The van der Waals surface area contributed by atoms with Crippen molar-refractivity contribution in [2.45, 2.75) is 19.3 Å². The Balaban J connectivity index is 1.55. The van der Waals surface area contributed by atoms with Crippen molar-refractivity contribution in [3.63, 3.8) is 0 Å². The Morgan fingerprint density at radius 2 is 2.04 bits per heavy atom. The van der Waals surface area contributed by atoms with Gasteiger partial charge in [0.05, 0.1) is 6.26 Å². The van der Waals surface area contributed by atoms with Crippen LogP contribution in [0.25, 0.3) is 11.7 Å². The van der Waals surface area contributed by atoms with Gasteiger partial charge in [0, 0.05) is 24.6 Å². The molecule has 1 fully saturated rings. The number of hydrogen-bond acceptors (Lipinski definition) is 5. The van der Waals surface area contributed by atoms with Crippen LogP contribution in [0.1, 0.15) is 23.7 Å². The molecule has 0 bridgehead atoms. The Labute approximate surface area is 132 Å². The van der Waals surface area contributed by atoms with Gasteiger partial charge in [-0.15, -0.1) is 0 Å². The van der Waals surface area contributed by atoms with E-state index < -0.39 is 0 Å². The van der Waals surface area contributed by atoms with Gasteiger partial charge in [0.2, 0.25) is 5.91 Å². The number of aryl methyl sites for hydroxylation is 1. The Morgan fingerprint density at radius 3 is 2.78 bits per heavy atom. The first-order valence-corrected chi connectivity index (χ1v) is 7.45. The second kappa shape index (κ2) is 5.39. The summed E-state index contributed by atoms with van der Waals surface area (Å²) in [5, 5.41) is 4.01. The quantitative estimate of drug-likeness (QED) is 0.743. The van der Waals surface area contributed by atoms with Crippen LogP contribution in [0, 0.1) is 6.92 Å². The van der Waals surface area contributed by atoms with Gasteiger partial charge in [0.25, 0.3) is 5.89 Å². The van der Waals surface area contributed by atoms with E-state index in [-0.39, 0.29) is 11.8 Å². The summed E-state index contributed by atoms with van der Waals surface area (Å²) in [6.07, 6.45) is 1.93. The molecule has 0 aliphatic carbocycles. The molecule has 3 heterocycles. The number of rotatable bonds is 3. The third-order valence-corrected chi connectivity index (χ3v) is 4.01. The molecule has 3 aromatic rings. The second-order valence-corrected chi connectivity index (χ2v) is 5.68. The first-order valence-electron chi connectivity index (χ1n) is 7.45. The van der Waals surface area contributed by atoms with E-state index in [0.717, 1.165) is 5.69 Å². The molecular formula is C17H15N3O3. The lowest BCUT2D eigenvalue weighted by atomic mass is 10.1. The predicted octanol–water partition coefficient (Wildman–Crippen LogP) is 3.16. The molecular weight excluding hydrogens is 294 g/mol. The van der Waals surface area contributed by atoms with E-state index in [2.05, 4.69) is 10.1 Å². The zero-order valence-corrected chi connectivity index (χ0v) is 12.6. The van der Waals surface area contributed by atoms with E-state index in [0.29, 0.717) is 30.4 Å². The molecule has 4 rings (SSSR count). The average Bonchev–Trinajstić information content (AvgIpc) is 3.27. The van der Waals surface area contributed by atoms with Gasteiger partial charge in [-0.25, -0.2) is 0 Å². The number of hydrogen-bond donors (Lipinski definition) is 0. The zero-order valence-electron chi connectivity index (χ0n) is 12.6. The molecule has 0 radical (unpaired) electrons. The number of anilines is 1. The van der Waals surface area contributed by atoms with Crippen molar-refractivity contribution in [2.75, 3.05) is 11.4 Å². The molecule has 6 nitrogen and oxygen atoms in total. The van der Waals surface area contributed by atoms with Gasteiger partial charge in [0.15, 0.2) is 11.6 Å². The molecule has 0 spiro atoms. The summed E-state index contributed by atoms with van der Waals surface area (Å²) in [6.45, 7) is 2.58. The minimum atomic E-state index is -0.0729. The molecule has 0 unspecified atom stereocenters. The van der Waals surface area contributed by atoms with Crippen molar-refractivity contribution >= 4 is 11.6 Å². The van der Waals surface area contributed by atoms with Crippen molar-refractivity contribution in [2.24, 2.45) is 0 Å². The Morgan fingerprint density at radius 1 is 1.22 bits per heavy atom. The molecule has 1 saturated heterocycles. The summed E-state index contributed by atoms with van der Waals surface area (Å²) in [6, 6.07) is 11.4. The third-order valence-electron chi connectivity index (χ3n) is 4.01. The van der Waals surface area contributed by atoms with E-state index in [1.807, 2.05) is 31.2 Å². The molecule has 6 heteroatoms. The predicted molar refractivity (Wildman–Crippen MR) is 82.9 cm³/mol. The number of aromatic nitrogens is 2. The summed E-state index contributed by atoms with van der Waals surface area (Å²) in [5.41, 5.74) is 2.07. The fraction of sp³-hybridized carbons (Fsp3) is 0.235. The van der Waals surface area contributed by atoms with Gasteiger partial charge < -0.3 is 13.8 Å². The molecule has 23 heavy (non-hydrogen) atoms. The fourth-order valence-corrected chi connectivity index (χ4v) is 2.76. The summed E-state index contributed by atoms with van der Waals surface area (Å²) in [5.74, 6) is 1.41. The monoisotopic (exact) mass is 309 g/mol. The highest BCUT2D eigenvalue weighted by Crippen LogP contribution is 2.31. The second-order valence-electron chi connectivity index (χ2n) is 5.68. The summed E-state index contributed by atoms with van der Waals surface area (Å²) >= 11 is 0. The summed E-state index contributed by atoms with van der Waals surface area (Å²) < 4.78 is 10.5. The van der Waals surface area contributed by atoms with Crippen molar-refractivity contribution < 1.29 is 13.7 Å².